The van der Waals surface area contributed by atoms with E-state index in [1.807, 2.05) is 43.5 Å². The number of ether oxygens (including phenoxy) is 1. The van der Waals surface area contributed by atoms with Crippen LogP contribution in [0.1, 0.15) is 37.4 Å². The van der Waals surface area contributed by atoms with E-state index in [9.17, 15) is 9.59 Å². The normalized spacial score (nSPS) is 15.8. The van der Waals surface area contributed by atoms with E-state index in [1.54, 1.807) is 6.20 Å². The smallest absolute Gasteiger partial charge is 0.355 e. The van der Waals surface area contributed by atoms with Crippen molar-refractivity contribution < 1.29 is 4.74 Å². The molecule has 2 N–H and O–H groups in total. The largest absolute Gasteiger partial charge is 0.381 e. The van der Waals surface area contributed by atoms with Crippen LogP contribution in [-0.4, -0.2) is 32.7 Å². The Morgan fingerprint density at radius 2 is 1.97 bits per heavy atom. The van der Waals surface area contributed by atoms with E-state index in [2.05, 4.69) is 26.3 Å². The number of anilines is 1. The summed E-state index contributed by atoms with van der Waals surface area (Å²) in [5.41, 5.74) is 2.07. The number of aromatic nitrogens is 4. The number of H-pyrrole nitrogens is 1. The second-order valence-electron chi connectivity index (χ2n) is 7.12. The first kappa shape index (κ1) is 19.1. The summed E-state index contributed by atoms with van der Waals surface area (Å²) in [5, 5.41) is 3.13. The highest BCUT2D eigenvalue weighted by Gasteiger charge is 2.20. The molecule has 3 aromatic rings. The van der Waals surface area contributed by atoms with E-state index in [0.717, 1.165) is 16.7 Å². The summed E-state index contributed by atoms with van der Waals surface area (Å²) in [4.78, 5) is 35.9. The lowest BCUT2D eigenvalue weighted by molar-refractivity contribution is 0.0670. The molecule has 0 aliphatic carbocycles. The van der Waals surface area contributed by atoms with Gasteiger partial charge in [0.2, 0.25) is 5.95 Å². The number of pyridine rings is 1. The topological polar surface area (TPSA) is 102 Å². The van der Waals surface area contributed by atoms with Gasteiger partial charge < -0.3 is 10.1 Å². The summed E-state index contributed by atoms with van der Waals surface area (Å²) in [6.07, 6.45) is 4.82. The van der Waals surface area contributed by atoms with Crippen molar-refractivity contribution in [2.45, 2.75) is 31.8 Å². The van der Waals surface area contributed by atoms with Gasteiger partial charge in [-0.2, -0.15) is 4.98 Å². The minimum Gasteiger partial charge on any atom is -0.381 e. The van der Waals surface area contributed by atoms with Gasteiger partial charge in [-0.25, -0.2) is 14.2 Å². The second-order valence-corrected chi connectivity index (χ2v) is 7.12. The maximum Gasteiger partial charge on any atom is 0.355 e. The maximum atomic E-state index is 12.5. The second kappa shape index (κ2) is 8.40. The first-order valence-electron chi connectivity index (χ1n) is 9.69. The number of nitrogens with one attached hydrogen (secondary N) is 2. The molecule has 1 aromatic carbocycles. The zero-order chi connectivity index (χ0) is 20.2. The maximum absolute atomic E-state index is 12.5. The van der Waals surface area contributed by atoms with Crippen molar-refractivity contribution in [3.8, 4) is 11.1 Å². The van der Waals surface area contributed by atoms with Gasteiger partial charge >= 0.3 is 11.4 Å². The lowest BCUT2D eigenvalue weighted by atomic mass is 10.0. The Labute approximate surface area is 167 Å². The molecule has 1 fully saturated rings. The van der Waals surface area contributed by atoms with Crippen molar-refractivity contribution >= 4 is 5.95 Å². The number of aromatic amines is 1. The zero-order valence-electron chi connectivity index (χ0n) is 16.2. The Balaban J connectivity index is 1.55. The summed E-state index contributed by atoms with van der Waals surface area (Å²) in [6.45, 7) is 3.04. The fourth-order valence-corrected chi connectivity index (χ4v) is 3.57. The van der Waals surface area contributed by atoms with E-state index >= 15 is 0 Å². The molecule has 1 aliphatic rings. The highest BCUT2D eigenvalue weighted by molar-refractivity contribution is 5.63. The highest BCUT2D eigenvalue weighted by Crippen LogP contribution is 2.24. The first-order valence-corrected chi connectivity index (χ1v) is 9.69. The number of nitrogens with zero attached hydrogens (tertiary/aromatic N) is 3. The predicted molar refractivity (Wildman–Crippen MR) is 110 cm³/mol. The lowest BCUT2D eigenvalue weighted by Gasteiger charge is -2.23. The molecule has 1 saturated heterocycles. The van der Waals surface area contributed by atoms with Crippen LogP contribution in [-0.2, 0) is 4.74 Å². The van der Waals surface area contributed by atoms with Crippen LogP contribution in [0.5, 0.6) is 0 Å². The van der Waals surface area contributed by atoms with Gasteiger partial charge in [0.25, 0.3) is 0 Å². The van der Waals surface area contributed by atoms with Gasteiger partial charge in [0.05, 0.1) is 6.04 Å². The molecular formula is C21H23N5O3. The quantitative estimate of drug-likeness (QED) is 0.691. The average Bonchev–Trinajstić information content (AvgIpc) is 2.75. The molecule has 0 radical (unpaired) electrons. The van der Waals surface area contributed by atoms with Gasteiger partial charge in [-0.1, -0.05) is 24.3 Å². The van der Waals surface area contributed by atoms with Crippen molar-refractivity contribution in [2.24, 2.45) is 0 Å². The molecular weight excluding hydrogens is 370 g/mol. The SMILES string of the molecule is C[C@H](Nc1nc(=O)n(C2CCOCC2)c(=O)[nH]1)c1cccc(-c2cccnc2)c1. The number of benzene rings is 1. The summed E-state index contributed by atoms with van der Waals surface area (Å²) in [7, 11) is 0. The molecule has 4 rings (SSSR count). The zero-order valence-corrected chi connectivity index (χ0v) is 16.2. The molecule has 0 spiro atoms. The van der Waals surface area contributed by atoms with Crippen molar-refractivity contribution in [3.63, 3.8) is 0 Å². The van der Waals surface area contributed by atoms with Gasteiger partial charge in [-0.15, -0.1) is 0 Å². The van der Waals surface area contributed by atoms with Crippen molar-refractivity contribution in [2.75, 3.05) is 18.5 Å². The van der Waals surface area contributed by atoms with E-state index in [0.29, 0.717) is 26.1 Å². The molecule has 1 atom stereocenters. The van der Waals surface area contributed by atoms with E-state index in [4.69, 9.17) is 4.74 Å². The van der Waals surface area contributed by atoms with Crippen LogP contribution < -0.4 is 16.7 Å². The molecule has 150 valence electrons. The Bertz CT molecular complexity index is 1060. The van der Waals surface area contributed by atoms with Crippen LogP contribution in [0.15, 0.2) is 58.4 Å². The molecule has 0 saturated carbocycles. The van der Waals surface area contributed by atoms with Crippen molar-refractivity contribution in [3.05, 3.63) is 75.3 Å². The van der Waals surface area contributed by atoms with Crippen LogP contribution in [0, 0.1) is 0 Å². The Hall–Kier alpha value is -3.26. The summed E-state index contributed by atoms with van der Waals surface area (Å²) < 4.78 is 6.50. The third-order valence-corrected chi connectivity index (χ3v) is 5.15. The molecule has 29 heavy (non-hydrogen) atoms. The summed E-state index contributed by atoms with van der Waals surface area (Å²) >= 11 is 0. The van der Waals surface area contributed by atoms with Crippen LogP contribution in [0.4, 0.5) is 5.95 Å². The van der Waals surface area contributed by atoms with Crippen molar-refractivity contribution in [1.29, 1.82) is 0 Å². The van der Waals surface area contributed by atoms with Gasteiger partial charge in [0, 0.05) is 31.6 Å². The standard InChI is InChI=1S/C21H23N5O3/c1-14(15-4-2-5-16(12-15)17-6-3-9-22-13-17)23-19-24-20(27)26(21(28)25-19)18-7-10-29-11-8-18/h2-6,9,12-14,18H,7-8,10-11H2,1H3,(H2,23,24,25,27,28)/t14-/m0/s1. The van der Waals surface area contributed by atoms with Crippen LogP contribution in [0.3, 0.4) is 0 Å². The number of hydrogen-bond donors (Lipinski definition) is 2. The molecule has 2 aromatic heterocycles. The van der Waals surface area contributed by atoms with Crippen LogP contribution in [0.2, 0.25) is 0 Å². The predicted octanol–water partition coefficient (Wildman–Crippen LogP) is 2.52. The van der Waals surface area contributed by atoms with E-state index in [1.165, 1.54) is 4.57 Å². The molecule has 0 unspecified atom stereocenters. The van der Waals surface area contributed by atoms with Gasteiger partial charge in [-0.3, -0.25) is 9.97 Å². The minimum atomic E-state index is -0.542. The Kier molecular flexibility index (Phi) is 5.53. The summed E-state index contributed by atoms with van der Waals surface area (Å²) in [5.74, 6) is 0.169. The van der Waals surface area contributed by atoms with Gasteiger partial charge in [0.15, 0.2) is 0 Å². The Morgan fingerprint density at radius 3 is 2.69 bits per heavy atom. The van der Waals surface area contributed by atoms with Gasteiger partial charge in [-0.05, 0) is 48.6 Å². The molecule has 1 aliphatic heterocycles. The van der Waals surface area contributed by atoms with Gasteiger partial charge in [0.1, 0.15) is 0 Å². The van der Waals surface area contributed by atoms with E-state index in [-0.39, 0.29) is 18.0 Å². The molecule has 0 bridgehead atoms. The highest BCUT2D eigenvalue weighted by atomic mass is 16.5. The number of rotatable bonds is 5. The first-order chi connectivity index (χ1) is 14.1. The summed E-state index contributed by atoms with van der Waals surface area (Å²) in [6, 6.07) is 11.6. The molecule has 3 heterocycles. The monoisotopic (exact) mass is 393 g/mol. The van der Waals surface area contributed by atoms with E-state index < -0.39 is 11.4 Å². The molecule has 8 nitrogen and oxygen atoms in total. The fourth-order valence-electron chi connectivity index (χ4n) is 3.57. The lowest BCUT2D eigenvalue weighted by Crippen LogP contribution is -2.42. The third-order valence-electron chi connectivity index (χ3n) is 5.15. The number of hydrogen-bond acceptors (Lipinski definition) is 6. The fraction of sp³-hybridized carbons (Fsp3) is 0.333. The van der Waals surface area contributed by atoms with Crippen LogP contribution >= 0.6 is 0 Å². The van der Waals surface area contributed by atoms with Crippen LogP contribution in [0.25, 0.3) is 11.1 Å². The van der Waals surface area contributed by atoms with Crippen molar-refractivity contribution in [1.82, 2.24) is 19.5 Å². The molecule has 8 heteroatoms. The average molecular weight is 393 g/mol. The molecule has 0 amide bonds. The Morgan fingerprint density at radius 1 is 1.17 bits per heavy atom. The minimum absolute atomic E-state index is 0.159. The third kappa shape index (κ3) is 4.27.